The molecule has 0 bridgehead atoms. The van der Waals surface area contributed by atoms with Crippen molar-refractivity contribution in [3.8, 4) is 5.75 Å². The number of rotatable bonds is 5. The highest BCUT2D eigenvalue weighted by Gasteiger charge is 2.30. The molecule has 3 N–H and O–H groups in total. The van der Waals surface area contributed by atoms with E-state index < -0.39 is 39.3 Å². The number of halogens is 3. The summed E-state index contributed by atoms with van der Waals surface area (Å²) in [6.45, 7) is 0. The van der Waals surface area contributed by atoms with E-state index in [1.54, 1.807) is 4.98 Å². The lowest BCUT2D eigenvalue weighted by Gasteiger charge is -2.06. The van der Waals surface area contributed by atoms with Crippen LogP contribution < -0.4 is 11.2 Å². The van der Waals surface area contributed by atoms with Crippen LogP contribution in [0, 0.1) is 10.1 Å². The number of phenols is 1. The van der Waals surface area contributed by atoms with Gasteiger partial charge in [-0.15, -0.1) is 0 Å². The molecule has 3 aromatic rings. The molecular formula is C19H12F3N5O5. The van der Waals surface area contributed by atoms with Gasteiger partial charge in [0.25, 0.3) is 0 Å². The van der Waals surface area contributed by atoms with Crippen LogP contribution in [0.5, 0.6) is 5.75 Å². The summed E-state index contributed by atoms with van der Waals surface area (Å²) in [4.78, 5) is 37.0. The highest BCUT2D eigenvalue weighted by molar-refractivity contribution is 5.75. The maximum atomic E-state index is 12.8. The summed E-state index contributed by atoms with van der Waals surface area (Å²) in [5, 5.41) is 28.6. The number of aromatic nitrogens is 2. The topological polar surface area (TPSA) is 154 Å². The molecule has 0 aliphatic carbocycles. The molecule has 1 aromatic heterocycles. The molecule has 0 fully saturated rings. The highest BCUT2D eigenvalue weighted by Crippen LogP contribution is 2.32. The molecule has 0 saturated carbocycles. The molecule has 13 heteroatoms. The van der Waals surface area contributed by atoms with Crippen molar-refractivity contribution in [1.82, 2.24) is 9.97 Å². The van der Waals surface area contributed by atoms with Crippen molar-refractivity contribution in [1.29, 1.82) is 0 Å². The average Bonchev–Trinajstić information content (AvgIpc) is 2.71. The normalized spacial score (nSPS) is 12.0. The van der Waals surface area contributed by atoms with Crippen LogP contribution in [-0.2, 0) is 6.18 Å². The van der Waals surface area contributed by atoms with Crippen molar-refractivity contribution < 1.29 is 23.2 Å². The van der Waals surface area contributed by atoms with Crippen LogP contribution in [0.1, 0.15) is 16.8 Å². The van der Waals surface area contributed by atoms with Gasteiger partial charge in [-0.05, 0) is 48.6 Å². The Morgan fingerprint density at radius 1 is 1.00 bits per heavy atom. The van der Waals surface area contributed by atoms with Crippen LogP contribution in [-0.4, -0.2) is 20.0 Å². The van der Waals surface area contributed by atoms with Gasteiger partial charge in [0.1, 0.15) is 11.4 Å². The molecule has 32 heavy (non-hydrogen) atoms. The Kier molecular flexibility index (Phi) is 6.00. The summed E-state index contributed by atoms with van der Waals surface area (Å²) in [6, 6.07) is 8.05. The van der Waals surface area contributed by atoms with Crippen molar-refractivity contribution in [3.63, 3.8) is 0 Å². The Balaban J connectivity index is 1.93. The fourth-order valence-corrected chi connectivity index (χ4v) is 2.57. The van der Waals surface area contributed by atoms with Crippen LogP contribution in [0.15, 0.2) is 62.3 Å². The van der Waals surface area contributed by atoms with Crippen molar-refractivity contribution >= 4 is 29.2 Å². The van der Waals surface area contributed by atoms with Gasteiger partial charge in [-0.3, -0.25) is 19.9 Å². The second-order valence-electron chi connectivity index (χ2n) is 6.25. The number of nitrogens with zero attached hydrogens (tertiary/aromatic N) is 3. The van der Waals surface area contributed by atoms with E-state index in [1.165, 1.54) is 36.4 Å². The molecule has 1 heterocycles. The largest absolute Gasteiger partial charge is 0.507 e. The fraction of sp³-hybridized carbons (Fsp3) is 0.0526. The highest BCUT2D eigenvalue weighted by atomic mass is 19.4. The van der Waals surface area contributed by atoms with Crippen molar-refractivity contribution in [3.05, 3.63) is 90.2 Å². The average molecular weight is 447 g/mol. The molecule has 164 valence electrons. The summed E-state index contributed by atoms with van der Waals surface area (Å²) in [5.74, 6) is -0.269. The van der Waals surface area contributed by atoms with Gasteiger partial charge >= 0.3 is 23.1 Å². The van der Waals surface area contributed by atoms with Gasteiger partial charge in [-0.2, -0.15) is 23.4 Å². The summed E-state index contributed by atoms with van der Waals surface area (Å²) in [7, 11) is 0. The third kappa shape index (κ3) is 5.13. The van der Waals surface area contributed by atoms with Crippen LogP contribution in [0.4, 0.5) is 30.2 Å². The van der Waals surface area contributed by atoms with Gasteiger partial charge in [0, 0.05) is 5.56 Å². The number of hydrogen-bond acceptors (Lipinski definition) is 7. The molecule has 2 aromatic carbocycles. The number of alkyl halides is 3. The van der Waals surface area contributed by atoms with E-state index in [0.29, 0.717) is 0 Å². The van der Waals surface area contributed by atoms with Crippen LogP contribution in [0.3, 0.4) is 0 Å². The van der Waals surface area contributed by atoms with Gasteiger partial charge in [0.2, 0.25) is 0 Å². The molecule has 3 rings (SSSR count). The molecule has 0 aliphatic rings. The van der Waals surface area contributed by atoms with Gasteiger partial charge in [0.05, 0.1) is 21.9 Å². The lowest BCUT2D eigenvalue weighted by atomic mass is 10.1. The number of benzene rings is 2. The number of aromatic hydroxyl groups is 1. The molecule has 0 saturated heterocycles. The van der Waals surface area contributed by atoms with Gasteiger partial charge in [-0.25, -0.2) is 4.79 Å². The smallest absolute Gasteiger partial charge is 0.416 e. The number of nitrogens with one attached hydrogen (secondary N) is 2. The second kappa shape index (κ2) is 8.67. The molecule has 0 aliphatic heterocycles. The third-order valence-corrected chi connectivity index (χ3v) is 4.02. The van der Waals surface area contributed by atoms with E-state index in [9.17, 15) is 38.0 Å². The monoisotopic (exact) mass is 447 g/mol. The second-order valence-corrected chi connectivity index (χ2v) is 6.25. The first-order valence-corrected chi connectivity index (χ1v) is 8.65. The zero-order valence-electron chi connectivity index (χ0n) is 15.8. The number of hydrogen-bond donors (Lipinski definition) is 3. The molecule has 0 spiro atoms. The molecule has 0 radical (unpaired) electrons. The molecular weight excluding hydrogens is 435 g/mol. The SMILES string of the molecule is O=c1[nH]c(C=Cc2cc(N=Nc3cccc(C(F)(F)F)c3)ccc2O)c([N+](=O)[O-])c(=O)[nH]1. The van der Waals surface area contributed by atoms with Crippen LogP contribution in [0.25, 0.3) is 12.2 Å². The van der Waals surface area contributed by atoms with E-state index >= 15 is 0 Å². The number of azo groups is 1. The first-order valence-electron chi connectivity index (χ1n) is 8.65. The summed E-state index contributed by atoms with van der Waals surface area (Å²) in [5.41, 5.74) is -4.19. The zero-order valence-corrected chi connectivity index (χ0v) is 15.8. The Hall–Kier alpha value is -4.55. The lowest BCUT2D eigenvalue weighted by molar-refractivity contribution is -0.386. The number of nitro groups is 1. The van der Waals surface area contributed by atoms with Crippen LogP contribution >= 0.6 is 0 Å². The van der Waals surface area contributed by atoms with Gasteiger partial charge in [-0.1, -0.05) is 6.07 Å². The number of phenolic OH excluding ortho intramolecular Hbond substituents is 1. The van der Waals surface area contributed by atoms with Crippen LogP contribution in [0.2, 0.25) is 0 Å². The van der Waals surface area contributed by atoms with Crippen molar-refractivity contribution in [2.75, 3.05) is 0 Å². The molecule has 0 atom stereocenters. The predicted molar refractivity (Wildman–Crippen MR) is 107 cm³/mol. The standard InChI is InChI=1S/C19H12F3N5O5/c20-19(21,22)11-2-1-3-12(9-11)25-26-13-5-7-15(28)10(8-13)4-6-14-16(27(31)32)17(29)24-18(30)23-14/h1-9,28H,(H2,23,24,29,30). The fourth-order valence-electron chi connectivity index (χ4n) is 2.57. The van der Waals surface area contributed by atoms with Crippen molar-refractivity contribution in [2.45, 2.75) is 6.18 Å². The number of H-pyrrole nitrogens is 2. The first kappa shape index (κ1) is 22.1. The predicted octanol–water partition coefficient (Wildman–Crippen LogP) is 4.28. The van der Waals surface area contributed by atoms with E-state index in [1.807, 2.05) is 0 Å². The quantitative estimate of drug-likeness (QED) is 0.303. The van der Waals surface area contributed by atoms with Gasteiger partial charge in [0.15, 0.2) is 0 Å². The Bertz CT molecular complexity index is 1360. The maximum Gasteiger partial charge on any atom is 0.416 e. The maximum absolute atomic E-state index is 12.8. The summed E-state index contributed by atoms with van der Waals surface area (Å²) in [6.07, 6.45) is -2.32. The third-order valence-electron chi connectivity index (χ3n) is 4.02. The Morgan fingerprint density at radius 3 is 2.34 bits per heavy atom. The van der Waals surface area contributed by atoms with Crippen molar-refractivity contribution in [2.24, 2.45) is 10.2 Å². The molecule has 10 nitrogen and oxygen atoms in total. The zero-order chi connectivity index (χ0) is 23.5. The number of aromatic amines is 2. The van der Waals surface area contributed by atoms with E-state index in [-0.39, 0.29) is 22.7 Å². The van der Waals surface area contributed by atoms with E-state index in [0.717, 1.165) is 18.2 Å². The first-order chi connectivity index (χ1) is 15.0. The van der Waals surface area contributed by atoms with E-state index in [4.69, 9.17) is 0 Å². The Morgan fingerprint density at radius 2 is 1.69 bits per heavy atom. The lowest BCUT2D eigenvalue weighted by Crippen LogP contribution is -2.25. The Labute approximate surface area is 175 Å². The minimum atomic E-state index is -4.54. The molecule has 0 unspecified atom stereocenters. The molecule has 0 amide bonds. The summed E-state index contributed by atoms with van der Waals surface area (Å²) >= 11 is 0. The summed E-state index contributed by atoms with van der Waals surface area (Å²) < 4.78 is 38.4. The minimum Gasteiger partial charge on any atom is -0.507 e. The van der Waals surface area contributed by atoms with E-state index in [2.05, 4.69) is 15.2 Å². The minimum absolute atomic E-state index is 0.0540. The van der Waals surface area contributed by atoms with Gasteiger partial charge < -0.3 is 10.1 Å².